The Kier molecular flexibility index (Phi) is 4.42. The first-order chi connectivity index (χ1) is 7.11. The van der Waals surface area contributed by atoms with Gasteiger partial charge in [-0.15, -0.1) is 0 Å². The van der Waals surface area contributed by atoms with Gasteiger partial charge in [-0.3, -0.25) is 4.79 Å². The molecular formula is C11H12BrFO2. The highest BCUT2D eigenvalue weighted by molar-refractivity contribution is 9.10. The van der Waals surface area contributed by atoms with Gasteiger partial charge >= 0.3 is 0 Å². The molecule has 15 heavy (non-hydrogen) atoms. The minimum absolute atomic E-state index is 0.0677. The average Bonchev–Trinajstić information content (AvgIpc) is 2.23. The van der Waals surface area contributed by atoms with Crippen LogP contribution in [0.4, 0.5) is 4.39 Å². The van der Waals surface area contributed by atoms with E-state index in [4.69, 9.17) is 4.74 Å². The summed E-state index contributed by atoms with van der Waals surface area (Å²) in [6.07, 6.45) is -0.0461. The van der Waals surface area contributed by atoms with E-state index in [0.717, 1.165) is 0 Å². The predicted octanol–water partition coefficient (Wildman–Crippen LogP) is 3.20. The van der Waals surface area contributed by atoms with Gasteiger partial charge in [0.2, 0.25) is 0 Å². The van der Waals surface area contributed by atoms with Crippen LogP contribution in [0.15, 0.2) is 22.7 Å². The quantitative estimate of drug-likeness (QED) is 0.789. The average molecular weight is 275 g/mol. The van der Waals surface area contributed by atoms with Crippen LogP contribution in [0.25, 0.3) is 0 Å². The minimum Gasteiger partial charge on any atom is -0.373 e. The van der Waals surface area contributed by atoms with E-state index in [9.17, 15) is 9.18 Å². The standard InChI is InChI=1S/C11H12BrFO2/c1-3-9(15-2)11(14)7-5-4-6-8(12)10(7)13/h4-6,9H,3H2,1-2H3. The maximum Gasteiger partial charge on any atom is 0.194 e. The van der Waals surface area contributed by atoms with Crippen LogP contribution in [0.2, 0.25) is 0 Å². The van der Waals surface area contributed by atoms with Crippen LogP contribution in [0.5, 0.6) is 0 Å². The molecule has 0 amide bonds. The molecule has 82 valence electrons. The molecule has 0 fully saturated rings. The van der Waals surface area contributed by atoms with Crippen molar-refractivity contribution in [3.8, 4) is 0 Å². The summed E-state index contributed by atoms with van der Waals surface area (Å²) in [6, 6.07) is 4.65. The van der Waals surface area contributed by atoms with E-state index >= 15 is 0 Å². The Morgan fingerprint density at radius 3 is 2.80 bits per heavy atom. The summed E-state index contributed by atoms with van der Waals surface area (Å²) in [4.78, 5) is 11.8. The van der Waals surface area contributed by atoms with E-state index in [1.807, 2.05) is 6.92 Å². The highest BCUT2D eigenvalue weighted by Crippen LogP contribution is 2.20. The molecule has 2 nitrogen and oxygen atoms in total. The number of ether oxygens (including phenoxy) is 1. The molecule has 0 saturated heterocycles. The van der Waals surface area contributed by atoms with Gasteiger partial charge in [0.1, 0.15) is 11.9 Å². The van der Waals surface area contributed by atoms with Crippen molar-refractivity contribution in [2.75, 3.05) is 7.11 Å². The lowest BCUT2D eigenvalue weighted by Crippen LogP contribution is -2.23. The molecule has 0 N–H and O–H groups in total. The summed E-state index contributed by atoms with van der Waals surface area (Å²) in [6.45, 7) is 1.82. The summed E-state index contributed by atoms with van der Waals surface area (Å²) < 4.78 is 18.8. The van der Waals surface area contributed by atoms with Crippen molar-refractivity contribution in [1.82, 2.24) is 0 Å². The summed E-state index contributed by atoms with van der Waals surface area (Å²) in [5, 5.41) is 0. The lowest BCUT2D eigenvalue weighted by molar-refractivity contribution is 0.0591. The smallest absolute Gasteiger partial charge is 0.194 e. The highest BCUT2D eigenvalue weighted by Gasteiger charge is 2.21. The van der Waals surface area contributed by atoms with Gasteiger partial charge in [-0.25, -0.2) is 4.39 Å². The molecule has 1 rings (SSSR count). The predicted molar refractivity (Wildman–Crippen MR) is 59.5 cm³/mol. The summed E-state index contributed by atoms with van der Waals surface area (Å²) in [5.74, 6) is -0.850. The molecule has 0 radical (unpaired) electrons. The van der Waals surface area contributed by atoms with E-state index in [1.54, 1.807) is 12.1 Å². The number of carbonyl (C=O) groups is 1. The Hall–Kier alpha value is -0.740. The third-order valence-electron chi connectivity index (χ3n) is 2.16. The van der Waals surface area contributed by atoms with Gasteiger partial charge in [-0.1, -0.05) is 13.0 Å². The number of carbonyl (C=O) groups excluding carboxylic acids is 1. The van der Waals surface area contributed by atoms with Gasteiger partial charge in [0, 0.05) is 7.11 Å². The summed E-state index contributed by atoms with van der Waals surface area (Å²) in [7, 11) is 1.45. The Balaban J connectivity index is 3.05. The first-order valence-electron chi connectivity index (χ1n) is 4.62. The maximum atomic E-state index is 13.6. The molecule has 1 atom stereocenters. The number of methoxy groups -OCH3 is 1. The number of hydrogen-bond acceptors (Lipinski definition) is 2. The second kappa shape index (κ2) is 5.37. The van der Waals surface area contributed by atoms with Crippen molar-refractivity contribution in [2.24, 2.45) is 0 Å². The summed E-state index contributed by atoms with van der Waals surface area (Å²) in [5.41, 5.74) is 0.0677. The molecule has 0 saturated carbocycles. The number of hydrogen-bond donors (Lipinski definition) is 0. The van der Waals surface area contributed by atoms with E-state index in [2.05, 4.69) is 15.9 Å². The van der Waals surface area contributed by atoms with Crippen molar-refractivity contribution < 1.29 is 13.9 Å². The van der Waals surface area contributed by atoms with Gasteiger partial charge < -0.3 is 4.74 Å². The van der Waals surface area contributed by atoms with Crippen molar-refractivity contribution in [1.29, 1.82) is 0 Å². The lowest BCUT2D eigenvalue weighted by atomic mass is 10.0. The number of benzene rings is 1. The number of halogens is 2. The zero-order chi connectivity index (χ0) is 11.4. The Morgan fingerprint density at radius 2 is 2.27 bits per heavy atom. The van der Waals surface area contributed by atoms with Crippen LogP contribution in [0.3, 0.4) is 0 Å². The van der Waals surface area contributed by atoms with E-state index in [0.29, 0.717) is 10.9 Å². The van der Waals surface area contributed by atoms with Crippen LogP contribution in [0, 0.1) is 5.82 Å². The zero-order valence-electron chi connectivity index (χ0n) is 8.59. The van der Waals surface area contributed by atoms with Gasteiger partial charge in [-0.05, 0) is 34.5 Å². The van der Waals surface area contributed by atoms with Crippen LogP contribution >= 0.6 is 15.9 Å². The van der Waals surface area contributed by atoms with Crippen molar-refractivity contribution in [3.63, 3.8) is 0 Å². The monoisotopic (exact) mass is 274 g/mol. The molecule has 4 heteroatoms. The first kappa shape index (κ1) is 12.3. The topological polar surface area (TPSA) is 26.3 Å². The molecule has 0 heterocycles. The van der Waals surface area contributed by atoms with Gasteiger partial charge in [0.15, 0.2) is 5.78 Å². The maximum absolute atomic E-state index is 13.6. The largest absolute Gasteiger partial charge is 0.373 e. The fourth-order valence-electron chi connectivity index (χ4n) is 1.33. The number of Topliss-reactive ketones (excluding diaryl/α,β-unsaturated/α-hetero) is 1. The van der Waals surface area contributed by atoms with Gasteiger partial charge in [0.25, 0.3) is 0 Å². The minimum atomic E-state index is -0.575. The van der Waals surface area contributed by atoms with Crippen molar-refractivity contribution in [3.05, 3.63) is 34.1 Å². The fourth-order valence-corrected chi connectivity index (χ4v) is 1.69. The lowest BCUT2D eigenvalue weighted by Gasteiger charge is -2.12. The molecule has 1 unspecified atom stereocenters. The number of rotatable bonds is 4. The molecule has 0 aromatic heterocycles. The molecule has 1 aromatic carbocycles. The third kappa shape index (κ3) is 2.63. The molecule has 1 aromatic rings. The molecule has 0 aliphatic carbocycles. The third-order valence-corrected chi connectivity index (χ3v) is 2.78. The molecule has 0 aliphatic heterocycles. The van der Waals surface area contributed by atoms with Gasteiger partial charge in [-0.2, -0.15) is 0 Å². The second-order valence-electron chi connectivity index (χ2n) is 3.10. The fraction of sp³-hybridized carbons (Fsp3) is 0.364. The first-order valence-corrected chi connectivity index (χ1v) is 5.42. The zero-order valence-corrected chi connectivity index (χ0v) is 10.2. The van der Waals surface area contributed by atoms with E-state index in [1.165, 1.54) is 13.2 Å². The highest BCUT2D eigenvalue weighted by atomic mass is 79.9. The molecule has 0 spiro atoms. The van der Waals surface area contributed by atoms with E-state index < -0.39 is 11.9 Å². The van der Waals surface area contributed by atoms with Gasteiger partial charge in [0.05, 0.1) is 10.0 Å². The molecule has 0 aliphatic rings. The van der Waals surface area contributed by atoms with Crippen molar-refractivity contribution >= 4 is 21.7 Å². The molecule has 0 bridgehead atoms. The summed E-state index contributed by atoms with van der Waals surface area (Å²) >= 11 is 3.04. The van der Waals surface area contributed by atoms with Crippen LogP contribution in [-0.2, 0) is 4.74 Å². The SMILES string of the molecule is CCC(OC)C(=O)c1cccc(Br)c1F. The normalized spacial score (nSPS) is 12.5. The van der Waals surface area contributed by atoms with Crippen molar-refractivity contribution in [2.45, 2.75) is 19.4 Å². The Labute approximate surface area is 96.6 Å². The Morgan fingerprint density at radius 1 is 1.60 bits per heavy atom. The molecular weight excluding hydrogens is 263 g/mol. The second-order valence-corrected chi connectivity index (χ2v) is 3.95. The Bertz CT molecular complexity index is 362. The van der Waals surface area contributed by atoms with E-state index in [-0.39, 0.29) is 11.3 Å². The van der Waals surface area contributed by atoms with Crippen LogP contribution in [0.1, 0.15) is 23.7 Å². The van der Waals surface area contributed by atoms with Crippen LogP contribution in [-0.4, -0.2) is 19.0 Å². The number of ketones is 1. The van der Waals surface area contributed by atoms with Crippen LogP contribution < -0.4 is 0 Å².